The third-order valence-corrected chi connectivity index (χ3v) is 3.67. The van der Waals surface area contributed by atoms with E-state index < -0.39 is 0 Å². The van der Waals surface area contributed by atoms with Crippen molar-refractivity contribution >= 4 is 48.6 Å². The van der Waals surface area contributed by atoms with E-state index in [0.29, 0.717) is 0 Å². The number of hydrogen-bond donors (Lipinski definition) is 0. The van der Waals surface area contributed by atoms with E-state index in [1.165, 1.54) is 17.3 Å². The van der Waals surface area contributed by atoms with Gasteiger partial charge in [0.05, 0.1) is 0 Å². The number of rotatable bonds is 3. The van der Waals surface area contributed by atoms with E-state index in [-0.39, 0.29) is 43.2 Å². The average Bonchev–Trinajstić information content (AvgIpc) is 1.72. The van der Waals surface area contributed by atoms with Gasteiger partial charge in [-0.05, 0) is 31.7 Å². The van der Waals surface area contributed by atoms with Crippen LogP contribution in [0.2, 0.25) is 0 Å². The molecule has 0 amide bonds. The summed E-state index contributed by atoms with van der Waals surface area (Å²) >= 11 is 0. The molecule has 1 nitrogen and oxygen atoms in total. The van der Waals surface area contributed by atoms with E-state index in [1.54, 1.807) is 0 Å². The molecule has 0 aliphatic rings. The predicted octanol–water partition coefficient (Wildman–Crippen LogP) is 1.11. The Hall–Kier alpha value is 1.57. The molecule has 0 aromatic carbocycles. The Bertz CT molecular complexity index is 34.5. The van der Waals surface area contributed by atoms with E-state index >= 15 is 0 Å². The summed E-state index contributed by atoms with van der Waals surface area (Å²) in [6.45, 7) is 6.82. The van der Waals surface area contributed by atoms with E-state index in [4.69, 9.17) is 0 Å². The molecule has 0 unspecified atom stereocenters. The summed E-state index contributed by atoms with van der Waals surface area (Å²) < 4.78 is 0. The van der Waals surface area contributed by atoms with E-state index in [1.807, 2.05) is 0 Å². The van der Waals surface area contributed by atoms with Crippen LogP contribution in [0.15, 0.2) is 0 Å². The first-order valence-electron chi connectivity index (χ1n) is 2.99. The Balaban J connectivity index is -0.000000180. The van der Waals surface area contributed by atoms with Gasteiger partial charge >= 0.3 is 0 Å². The third-order valence-electron chi connectivity index (χ3n) is 1.22. The van der Waals surface area contributed by atoms with Gasteiger partial charge in [-0.3, -0.25) is 0 Å². The van der Waals surface area contributed by atoms with Gasteiger partial charge in [-0.25, -0.2) is 0 Å². The SMILES string of the molecule is CC[S+](CC)CC.[Ca].[OH-]. The molecule has 54 valence electrons. The Labute approximate surface area is 91.3 Å². The van der Waals surface area contributed by atoms with Gasteiger partial charge in [-0.15, -0.1) is 0 Å². The molecular formula is C6H16CaOS. The minimum Gasteiger partial charge on any atom is -0.870 e. The maximum Gasteiger partial charge on any atom is 0.105 e. The largest absolute Gasteiger partial charge is 0.870 e. The monoisotopic (exact) mass is 176 g/mol. The summed E-state index contributed by atoms with van der Waals surface area (Å²) in [5.41, 5.74) is 0. The van der Waals surface area contributed by atoms with Crippen LogP contribution >= 0.6 is 0 Å². The van der Waals surface area contributed by atoms with Gasteiger partial charge in [-0.2, -0.15) is 0 Å². The summed E-state index contributed by atoms with van der Waals surface area (Å²) in [6.07, 6.45) is 0. The predicted molar refractivity (Wildman–Crippen MR) is 46.7 cm³/mol. The molecule has 0 aliphatic heterocycles. The van der Waals surface area contributed by atoms with Crippen molar-refractivity contribution in [2.75, 3.05) is 17.3 Å². The van der Waals surface area contributed by atoms with Gasteiger partial charge in [0.1, 0.15) is 17.3 Å². The molecule has 0 heterocycles. The smallest absolute Gasteiger partial charge is 0.105 e. The first-order chi connectivity index (χ1) is 3.35. The second-order valence-electron chi connectivity index (χ2n) is 1.48. The minimum atomic E-state index is 0. The standard InChI is InChI=1S/C6H15S.Ca.H2O/c1-4-7(5-2)6-3;;/h4-6H2,1-3H3;;1H2/q+1;;/p-1. The minimum absolute atomic E-state index is 0. The van der Waals surface area contributed by atoms with Gasteiger partial charge < -0.3 is 5.48 Å². The summed E-state index contributed by atoms with van der Waals surface area (Å²) in [5, 5.41) is 0. The molecule has 0 saturated heterocycles. The molecule has 0 spiro atoms. The second kappa shape index (κ2) is 12.3. The molecule has 0 aliphatic carbocycles. The summed E-state index contributed by atoms with van der Waals surface area (Å²) in [6, 6.07) is 0. The molecule has 2 radical (unpaired) electrons. The summed E-state index contributed by atoms with van der Waals surface area (Å²) in [5.74, 6) is 4.15. The molecule has 0 fully saturated rings. The molecule has 0 aromatic rings. The average molecular weight is 176 g/mol. The van der Waals surface area contributed by atoms with Crippen LogP contribution in [-0.4, -0.2) is 60.5 Å². The molecule has 1 N–H and O–H groups in total. The Morgan fingerprint density at radius 2 is 1.11 bits per heavy atom. The fraction of sp³-hybridized carbons (Fsp3) is 1.00. The molecule has 0 bridgehead atoms. The first-order valence-corrected chi connectivity index (χ1v) is 4.72. The van der Waals surface area contributed by atoms with Crippen LogP contribution in [0.1, 0.15) is 20.8 Å². The van der Waals surface area contributed by atoms with Crippen molar-refractivity contribution in [3.05, 3.63) is 0 Å². The van der Waals surface area contributed by atoms with Crippen LogP contribution in [0.5, 0.6) is 0 Å². The zero-order valence-electron chi connectivity index (χ0n) is 6.68. The van der Waals surface area contributed by atoms with Crippen LogP contribution in [0.4, 0.5) is 0 Å². The van der Waals surface area contributed by atoms with Crippen molar-refractivity contribution in [2.24, 2.45) is 0 Å². The quantitative estimate of drug-likeness (QED) is 0.468. The van der Waals surface area contributed by atoms with Crippen molar-refractivity contribution in [3.63, 3.8) is 0 Å². The first kappa shape index (κ1) is 16.9. The third kappa shape index (κ3) is 9.57. The van der Waals surface area contributed by atoms with Gasteiger partial charge in [0.15, 0.2) is 0 Å². The number of hydrogen-bond acceptors (Lipinski definition) is 1. The molecular weight excluding hydrogens is 160 g/mol. The van der Waals surface area contributed by atoms with Crippen molar-refractivity contribution in [1.82, 2.24) is 0 Å². The molecule has 9 heavy (non-hydrogen) atoms. The maximum absolute atomic E-state index is 2.27. The van der Waals surface area contributed by atoms with Gasteiger partial charge in [-0.1, -0.05) is 0 Å². The van der Waals surface area contributed by atoms with E-state index in [2.05, 4.69) is 20.8 Å². The fourth-order valence-corrected chi connectivity index (χ4v) is 1.84. The van der Waals surface area contributed by atoms with Crippen LogP contribution in [-0.2, 0) is 10.9 Å². The topological polar surface area (TPSA) is 30.0 Å². The summed E-state index contributed by atoms with van der Waals surface area (Å²) in [7, 11) is 0.755. The van der Waals surface area contributed by atoms with Gasteiger partial charge in [0.2, 0.25) is 0 Å². The normalized spacial score (nSPS) is 8.00. The van der Waals surface area contributed by atoms with Crippen LogP contribution < -0.4 is 0 Å². The van der Waals surface area contributed by atoms with Crippen LogP contribution in [0, 0.1) is 0 Å². The summed E-state index contributed by atoms with van der Waals surface area (Å²) in [4.78, 5) is 0. The molecule has 0 atom stereocenters. The van der Waals surface area contributed by atoms with Gasteiger partial charge in [0, 0.05) is 37.7 Å². The molecule has 0 aromatic heterocycles. The zero-order chi connectivity index (χ0) is 5.70. The van der Waals surface area contributed by atoms with Crippen molar-refractivity contribution in [1.29, 1.82) is 0 Å². The molecule has 0 rings (SSSR count). The maximum atomic E-state index is 2.27. The molecule has 3 heteroatoms. The van der Waals surface area contributed by atoms with E-state index in [0.717, 1.165) is 10.9 Å². The molecule has 0 saturated carbocycles. The second-order valence-corrected chi connectivity index (χ2v) is 4.44. The zero-order valence-corrected chi connectivity index (χ0v) is 9.71. The Kier molecular flexibility index (Phi) is 23.0. The van der Waals surface area contributed by atoms with Crippen LogP contribution in [0.25, 0.3) is 0 Å². The van der Waals surface area contributed by atoms with E-state index in [9.17, 15) is 0 Å². The van der Waals surface area contributed by atoms with Crippen LogP contribution in [0.3, 0.4) is 0 Å². The van der Waals surface area contributed by atoms with Crippen molar-refractivity contribution < 1.29 is 5.48 Å². The Morgan fingerprint density at radius 1 is 0.889 bits per heavy atom. The fourth-order valence-electron chi connectivity index (χ4n) is 0.612. The van der Waals surface area contributed by atoms with Gasteiger partial charge in [0.25, 0.3) is 0 Å². The Morgan fingerprint density at radius 3 is 1.11 bits per heavy atom. The van der Waals surface area contributed by atoms with Crippen molar-refractivity contribution in [2.45, 2.75) is 20.8 Å². The van der Waals surface area contributed by atoms with Crippen molar-refractivity contribution in [3.8, 4) is 0 Å².